The molecule has 0 bridgehead atoms. The van der Waals surface area contributed by atoms with Gasteiger partial charge in [0.1, 0.15) is 5.82 Å². The molecule has 0 amide bonds. The lowest BCUT2D eigenvalue weighted by atomic mass is 10.2. The van der Waals surface area contributed by atoms with Gasteiger partial charge in [0.05, 0.1) is 0 Å². The van der Waals surface area contributed by atoms with Crippen molar-refractivity contribution in [1.29, 1.82) is 0 Å². The Kier molecular flexibility index (Phi) is 5.20. The maximum Gasteiger partial charge on any atom is 0.129 e. The van der Waals surface area contributed by atoms with Crippen LogP contribution in [0.25, 0.3) is 0 Å². The number of anilines is 1. The highest BCUT2D eigenvalue weighted by atomic mass is 15.2. The molecule has 1 heterocycles. The monoisotopic (exact) mass is 261 g/mol. The van der Waals surface area contributed by atoms with Gasteiger partial charge in [-0.1, -0.05) is 13.8 Å². The van der Waals surface area contributed by atoms with Gasteiger partial charge in [0, 0.05) is 31.4 Å². The molecule has 0 aliphatic heterocycles. The number of rotatable bonds is 8. The summed E-state index contributed by atoms with van der Waals surface area (Å²) in [6, 6.07) is 5.22. The minimum absolute atomic E-state index is 0.763. The molecule has 106 valence electrons. The molecule has 0 aromatic carbocycles. The molecular formula is C16H27N3. The van der Waals surface area contributed by atoms with Crippen molar-refractivity contribution < 1.29 is 0 Å². The quantitative estimate of drug-likeness (QED) is 0.778. The Bertz CT molecular complexity index is 393. The van der Waals surface area contributed by atoms with E-state index < -0.39 is 0 Å². The second kappa shape index (κ2) is 6.90. The van der Waals surface area contributed by atoms with E-state index in [9.17, 15) is 0 Å². The molecule has 0 atom stereocenters. The molecule has 1 fully saturated rings. The van der Waals surface area contributed by atoms with E-state index in [4.69, 9.17) is 4.98 Å². The van der Waals surface area contributed by atoms with E-state index in [0.717, 1.165) is 37.2 Å². The van der Waals surface area contributed by atoms with Crippen molar-refractivity contribution in [3.05, 3.63) is 23.4 Å². The highest BCUT2D eigenvalue weighted by Crippen LogP contribution is 2.21. The maximum absolute atomic E-state index is 4.71. The molecular weight excluding hydrogens is 234 g/mol. The van der Waals surface area contributed by atoms with E-state index in [1.165, 1.54) is 31.2 Å². The van der Waals surface area contributed by atoms with Crippen LogP contribution >= 0.6 is 0 Å². The third-order valence-electron chi connectivity index (χ3n) is 3.48. The summed E-state index contributed by atoms with van der Waals surface area (Å²) in [5.41, 5.74) is 2.49. The summed E-state index contributed by atoms with van der Waals surface area (Å²) in [7, 11) is 0. The number of hydrogen-bond acceptors (Lipinski definition) is 3. The van der Waals surface area contributed by atoms with Crippen molar-refractivity contribution in [2.45, 2.75) is 59.0 Å². The number of aromatic nitrogens is 1. The van der Waals surface area contributed by atoms with Crippen LogP contribution in [0, 0.1) is 6.92 Å². The summed E-state index contributed by atoms with van der Waals surface area (Å²) in [6.45, 7) is 9.73. The zero-order chi connectivity index (χ0) is 13.7. The molecule has 3 heteroatoms. The second-order valence-electron chi connectivity index (χ2n) is 5.62. The average molecular weight is 261 g/mol. The first-order valence-electron chi connectivity index (χ1n) is 7.68. The molecule has 0 saturated heterocycles. The molecule has 0 spiro atoms. The van der Waals surface area contributed by atoms with E-state index in [1.807, 2.05) is 0 Å². The summed E-state index contributed by atoms with van der Waals surface area (Å²) in [5.74, 6) is 1.15. The Morgan fingerprint density at radius 2 is 1.89 bits per heavy atom. The van der Waals surface area contributed by atoms with E-state index in [0.29, 0.717) is 0 Å². The van der Waals surface area contributed by atoms with Gasteiger partial charge >= 0.3 is 0 Å². The van der Waals surface area contributed by atoms with Gasteiger partial charge < -0.3 is 10.2 Å². The van der Waals surface area contributed by atoms with Crippen LogP contribution < -0.4 is 10.2 Å². The zero-order valence-corrected chi connectivity index (χ0v) is 12.6. The zero-order valence-electron chi connectivity index (χ0n) is 12.6. The number of aryl methyl sites for hydroxylation is 1. The molecule has 2 rings (SSSR count). The summed E-state index contributed by atoms with van der Waals surface area (Å²) in [4.78, 5) is 7.12. The lowest BCUT2D eigenvalue weighted by Gasteiger charge is -2.23. The smallest absolute Gasteiger partial charge is 0.129 e. The molecule has 3 nitrogen and oxygen atoms in total. The van der Waals surface area contributed by atoms with Crippen molar-refractivity contribution in [2.24, 2.45) is 0 Å². The predicted octanol–water partition coefficient (Wildman–Crippen LogP) is 3.27. The van der Waals surface area contributed by atoms with Crippen LogP contribution in [0.15, 0.2) is 12.1 Å². The fourth-order valence-electron chi connectivity index (χ4n) is 2.42. The van der Waals surface area contributed by atoms with E-state index in [1.54, 1.807) is 0 Å². The Morgan fingerprint density at radius 3 is 2.47 bits per heavy atom. The Hall–Kier alpha value is -1.09. The SMILES string of the molecule is CCCN(CCC)c1cc(CNC2CC2)cc(C)n1. The minimum Gasteiger partial charge on any atom is -0.357 e. The Labute approximate surface area is 117 Å². The van der Waals surface area contributed by atoms with Gasteiger partial charge in [-0.2, -0.15) is 0 Å². The van der Waals surface area contributed by atoms with Crippen molar-refractivity contribution in [3.63, 3.8) is 0 Å². The van der Waals surface area contributed by atoms with Crippen molar-refractivity contribution in [1.82, 2.24) is 10.3 Å². The van der Waals surface area contributed by atoms with Crippen LogP contribution in [0.4, 0.5) is 5.82 Å². The molecule has 1 aliphatic carbocycles. The summed E-state index contributed by atoms with van der Waals surface area (Å²) in [6.07, 6.45) is 5.03. The summed E-state index contributed by atoms with van der Waals surface area (Å²) in [5, 5.41) is 3.58. The number of hydrogen-bond donors (Lipinski definition) is 1. The largest absolute Gasteiger partial charge is 0.357 e. The molecule has 0 radical (unpaired) electrons. The number of pyridine rings is 1. The summed E-state index contributed by atoms with van der Waals surface area (Å²) < 4.78 is 0. The minimum atomic E-state index is 0.763. The van der Waals surface area contributed by atoms with E-state index in [2.05, 4.69) is 43.1 Å². The molecule has 1 saturated carbocycles. The van der Waals surface area contributed by atoms with Crippen LogP contribution in [-0.2, 0) is 6.54 Å². The van der Waals surface area contributed by atoms with Crippen LogP contribution in [0.2, 0.25) is 0 Å². The third-order valence-corrected chi connectivity index (χ3v) is 3.48. The topological polar surface area (TPSA) is 28.2 Å². The number of nitrogens with zero attached hydrogens (tertiary/aromatic N) is 2. The highest BCUT2D eigenvalue weighted by molar-refractivity contribution is 5.42. The molecule has 19 heavy (non-hydrogen) atoms. The fourth-order valence-corrected chi connectivity index (χ4v) is 2.42. The van der Waals surface area contributed by atoms with Crippen molar-refractivity contribution in [2.75, 3.05) is 18.0 Å². The highest BCUT2D eigenvalue weighted by Gasteiger charge is 2.20. The molecule has 1 N–H and O–H groups in total. The first-order valence-corrected chi connectivity index (χ1v) is 7.68. The van der Waals surface area contributed by atoms with Gasteiger partial charge in [0.2, 0.25) is 0 Å². The van der Waals surface area contributed by atoms with Crippen molar-refractivity contribution in [3.8, 4) is 0 Å². The lowest BCUT2D eigenvalue weighted by Crippen LogP contribution is -2.26. The standard InChI is InChI=1S/C16H27N3/c1-4-8-19(9-5-2)16-11-14(10-13(3)18-16)12-17-15-6-7-15/h10-11,15,17H,4-9,12H2,1-3H3. The average Bonchev–Trinajstić information content (AvgIpc) is 3.19. The normalized spacial score (nSPS) is 14.7. The maximum atomic E-state index is 4.71. The van der Waals surface area contributed by atoms with Crippen LogP contribution in [0.3, 0.4) is 0 Å². The van der Waals surface area contributed by atoms with Crippen LogP contribution in [-0.4, -0.2) is 24.1 Å². The van der Waals surface area contributed by atoms with Crippen LogP contribution in [0.5, 0.6) is 0 Å². The first kappa shape index (κ1) is 14.3. The molecule has 1 aromatic heterocycles. The molecule has 0 unspecified atom stereocenters. The van der Waals surface area contributed by atoms with Gasteiger partial charge in [0.15, 0.2) is 0 Å². The van der Waals surface area contributed by atoms with Crippen LogP contribution in [0.1, 0.15) is 50.8 Å². The molecule has 1 aromatic rings. The number of nitrogens with one attached hydrogen (secondary N) is 1. The Morgan fingerprint density at radius 1 is 1.21 bits per heavy atom. The van der Waals surface area contributed by atoms with Crippen molar-refractivity contribution >= 4 is 5.82 Å². The molecule has 1 aliphatic rings. The van der Waals surface area contributed by atoms with E-state index in [-0.39, 0.29) is 0 Å². The summed E-state index contributed by atoms with van der Waals surface area (Å²) >= 11 is 0. The second-order valence-corrected chi connectivity index (χ2v) is 5.62. The Balaban J connectivity index is 2.08. The first-order chi connectivity index (χ1) is 9.22. The van der Waals surface area contributed by atoms with Gasteiger partial charge in [-0.3, -0.25) is 0 Å². The lowest BCUT2D eigenvalue weighted by molar-refractivity contribution is 0.683. The third kappa shape index (κ3) is 4.50. The fraction of sp³-hybridized carbons (Fsp3) is 0.688. The van der Waals surface area contributed by atoms with Gasteiger partial charge in [-0.15, -0.1) is 0 Å². The van der Waals surface area contributed by atoms with E-state index >= 15 is 0 Å². The predicted molar refractivity (Wildman–Crippen MR) is 81.6 cm³/mol. The van der Waals surface area contributed by atoms with Gasteiger partial charge in [-0.25, -0.2) is 4.98 Å². The van der Waals surface area contributed by atoms with Gasteiger partial charge in [0.25, 0.3) is 0 Å². The van der Waals surface area contributed by atoms with Gasteiger partial charge in [-0.05, 0) is 50.3 Å².